The molecule has 44 heavy (non-hydrogen) atoms. The second-order valence-corrected chi connectivity index (χ2v) is 11.1. The first-order valence-electron chi connectivity index (χ1n) is 14.5. The molecule has 5 amide bonds. The molecule has 5 atom stereocenters. The minimum atomic E-state index is -1.45. The predicted molar refractivity (Wildman–Crippen MR) is 159 cm³/mol. The Balaban J connectivity index is 1.89. The number of aliphatic hydroxyl groups is 1. The van der Waals surface area contributed by atoms with Crippen LogP contribution in [0.3, 0.4) is 0 Å². The van der Waals surface area contributed by atoms with Gasteiger partial charge in [-0.05, 0) is 56.0 Å². The van der Waals surface area contributed by atoms with Gasteiger partial charge >= 0.3 is 0 Å². The van der Waals surface area contributed by atoms with Gasteiger partial charge in [-0.2, -0.15) is 0 Å². The summed E-state index contributed by atoms with van der Waals surface area (Å²) in [5, 5.41) is 23.4. The first kappa shape index (κ1) is 34.0. The van der Waals surface area contributed by atoms with Gasteiger partial charge in [-0.15, -0.1) is 0 Å². The maximum Gasteiger partial charge on any atom is 0.255 e. The van der Waals surface area contributed by atoms with Gasteiger partial charge in [0.05, 0.1) is 24.1 Å². The molecule has 2 aromatic rings. The highest BCUT2D eigenvalue weighted by Gasteiger charge is 2.33. The molecule has 0 saturated heterocycles. The predicted octanol–water partition coefficient (Wildman–Crippen LogP) is 0.577. The summed E-state index contributed by atoms with van der Waals surface area (Å²) in [6.07, 6.45) is -1.56. The molecule has 0 aromatic heterocycles. The van der Waals surface area contributed by atoms with Gasteiger partial charge in [0.1, 0.15) is 36.3 Å². The summed E-state index contributed by atoms with van der Waals surface area (Å²) >= 11 is 0. The largest absolute Gasteiger partial charge is 0.491 e. The van der Waals surface area contributed by atoms with Crippen molar-refractivity contribution in [3.8, 4) is 5.75 Å². The molecule has 13 heteroatoms. The second kappa shape index (κ2) is 15.8. The Hall–Kier alpha value is -4.52. The van der Waals surface area contributed by atoms with Crippen LogP contribution < -0.4 is 31.3 Å². The molecule has 0 unspecified atom stereocenters. The quantitative estimate of drug-likeness (QED) is 0.276. The van der Waals surface area contributed by atoms with Gasteiger partial charge in [0, 0.05) is 6.54 Å². The highest BCUT2D eigenvalue weighted by Crippen LogP contribution is 2.19. The molecule has 238 valence electrons. The van der Waals surface area contributed by atoms with E-state index in [1.807, 2.05) is 0 Å². The Morgan fingerprint density at radius 3 is 2.27 bits per heavy atom. The van der Waals surface area contributed by atoms with E-state index < -0.39 is 72.0 Å². The normalized spacial score (nSPS) is 22.7. The summed E-state index contributed by atoms with van der Waals surface area (Å²) in [6, 6.07) is 7.74. The van der Waals surface area contributed by atoms with Gasteiger partial charge in [0.25, 0.3) is 5.91 Å². The zero-order valence-corrected chi connectivity index (χ0v) is 25.2. The molecule has 0 aliphatic carbocycles. The molecule has 3 rings (SSSR count). The average molecular weight is 614 g/mol. The SMILES string of the molecule is CC(C)[C@H]1NC(=O)[C@H]([C@@H](C)O)NC(=O)C[C@@H](C(=O)NCCc2ccc(F)cc2)NC(=O)c2ccccc2OC[C@H](C)NC1=O. The molecular formula is C31H40FN5O7. The Morgan fingerprint density at radius 1 is 0.955 bits per heavy atom. The van der Waals surface area contributed by atoms with E-state index in [0.717, 1.165) is 5.56 Å². The fraction of sp³-hybridized carbons (Fsp3) is 0.452. The lowest BCUT2D eigenvalue weighted by Crippen LogP contribution is -2.59. The zero-order chi connectivity index (χ0) is 32.4. The summed E-state index contributed by atoms with van der Waals surface area (Å²) in [5.41, 5.74) is 0.861. The lowest BCUT2D eigenvalue weighted by atomic mass is 10.0. The van der Waals surface area contributed by atoms with Crippen LogP contribution >= 0.6 is 0 Å². The second-order valence-electron chi connectivity index (χ2n) is 11.1. The van der Waals surface area contributed by atoms with E-state index in [4.69, 9.17) is 4.74 Å². The third kappa shape index (κ3) is 9.76. The standard InChI is InChI=1S/C31H40FN5O7/c1-17(2)26-30(42)34-18(3)16-44-24-8-6-5-7-22(24)28(40)35-23(15-25(39)36-27(19(4)38)31(43)37-26)29(41)33-14-13-20-9-11-21(32)12-10-20/h5-12,17-19,23,26-27,38H,13-16H2,1-4H3,(H,33,41)(H,34,42)(H,35,40)(H,36,39)(H,37,43)/t18-,19+,23-,26+,27-/m0/s1. The first-order chi connectivity index (χ1) is 20.8. The minimum absolute atomic E-state index is 0.0154. The van der Waals surface area contributed by atoms with Crippen LogP contribution in [-0.4, -0.2) is 78.1 Å². The molecule has 2 aromatic carbocycles. The van der Waals surface area contributed by atoms with E-state index in [1.165, 1.54) is 25.1 Å². The van der Waals surface area contributed by atoms with E-state index in [0.29, 0.717) is 6.42 Å². The van der Waals surface area contributed by atoms with Crippen molar-refractivity contribution >= 4 is 29.5 Å². The van der Waals surface area contributed by atoms with E-state index in [1.54, 1.807) is 51.1 Å². The molecule has 1 aliphatic rings. The lowest BCUT2D eigenvalue weighted by Gasteiger charge is -2.27. The molecule has 0 fully saturated rings. The smallest absolute Gasteiger partial charge is 0.255 e. The summed E-state index contributed by atoms with van der Waals surface area (Å²) in [6.45, 7) is 6.58. The van der Waals surface area contributed by atoms with E-state index >= 15 is 0 Å². The van der Waals surface area contributed by atoms with Crippen molar-refractivity contribution in [3.05, 3.63) is 65.5 Å². The van der Waals surface area contributed by atoms with Gasteiger partial charge in [0.15, 0.2) is 0 Å². The van der Waals surface area contributed by atoms with Crippen molar-refractivity contribution in [2.75, 3.05) is 13.2 Å². The number of aliphatic hydroxyl groups excluding tert-OH is 1. The highest BCUT2D eigenvalue weighted by molar-refractivity contribution is 6.01. The number of para-hydroxylation sites is 1. The number of halogens is 1. The number of hydrogen-bond donors (Lipinski definition) is 6. The van der Waals surface area contributed by atoms with Gasteiger partial charge < -0.3 is 36.4 Å². The molecule has 1 aliphatic heterocycles. The Kier molecular flexibility index (Phi) is 12.2. The van der Waals surface area contributed by atoms with Crippen LogP contribution in [0.2, 0.25) is 0 Å². The minimum Gasteiger partial charge on any atom is -0.491 e. The van der Waals surface area contributed by atoms with Gasteiger partial charge in [-0.25, -0.2) is 4.39 Å². The van der Waals surface area contributed by atoms with Crippen LogP contribution in [0.5, 0.6) is 5.75 Å². The number of hydrogen-bond acceptors (Lipinski definition) is 7. The van der Waals surface area contributed by atoms with Crippen molar-refractivity contribution in [1.29, 1.82) is 0 Å². The summed E-state index contributed by atoms with van der Waals surface area (Å²) in [4.78, 5) is 65.9. The maximum atomic E-state index is 13.4. The third-order valence-corrected chi connectivity index (χ3v) is 6.97. The third-order valence-electron chi connectivity index (χ3n) is 6.97. The van der Waals surface area contributed by atoms with Crippen LogP contribution in [0.15, 0.2) is 48.5 Å². The molecule has 0 saturated carbocycles. The fourth-order valence-corrected chi connectivity index (χ4v) is 4.52. The van der Waals surface area contributed by atoms with Crippen LogP contribution in [0, 0.1) is 11.7 Å². The molecule has 6 N–H and O–H groups in total. The zero-order valence-electron chi connectivity index (χ0n) is 25.2. The first-order valence-corrected chi connectivity index (χ1v) is 14.5. The summed E-state index contributed by atoms with van der Waals surface area (Å²) in [5.74, 6) is -4.01. The number of nitrogens with one attached hydrogen (secondary N) is 5. The summed E-state index contributed by atoms with van der Waals surface area (Å²) < 4.78 is 19.1. The topological polar surface area (TPSA) is 175 Å². The molecule has 12 nitrogen and oxygen atoms in total. The van der Waals surface area contributed by atoms with Crippen molar-refractivity contribution in [1.82, 2.24) is 26.6 Å². The number of benzene rings is 2. The van der Waals surface area contributed by atoms with Crippen molar-refractivity contribution in [2.24, 2.45) is 5.92 Å². The number of amides is 5. The Morgan fingerprint density at radius 2 is 1.61 bits per heavy atom. The van der Waals surface area contributed by atoms with Crippen LogP contribution in [0.4, 0.5) is 4.39 Å². The van der Waals surface area contributed by atoms with Crippen LogP contribution in [0.25, 0.3) is 0 Å². The average Bonchev–Trinajstić information content (AvgIpc) is 2.97. The van der Waals surface area contributed by atoms with Gasteiger partial charge in [0.2, 0.25) is 23.6 Å². The van der Waals surface area contributed by atoms with Crippen LogP contribution in [0.1, 0.15) is 50.0 Å². The van der Waals surface area contributed by atoms with Crippen molar-refractivity contribution in [2.45, 2.75) is 70.8 Å². The van der Waals surface area contributed by atoms with Gasteiger partial charge in [-0.1, -0.05) is 38.1 Å². The molecular weight excluding hydrogens is 573 g/mol. The maximum absolute atomic E-state index is 13.4. The highest BCUT2D eigenvalue weighted by atomic mass is 19.1. The number of carbonyl (C=O) groups is 5. The van der Waals surface area contributed by atoms with Crippen LogP contribution in [-0.2, 0) is 25.6 Å². The molecule has 0 spiro atoms. The van der Waals surface area contributed by atoms with E-state index in [2.05, 4.69) is 26.6 Å². The fourth-order valence-electron chi connectivity index (χ4n) is 4.52. The monoisotopic (exact) mass is 613 g/mol. The van der Waals surface area contributed by atoms with E-state index in [9.17, 15) is 33.5 Å². The van der Waals surface area contributed by atoms with Gasteiger partial charge in [-0.3, -0.25) is 24.0 Å². The number of ether oxygens (including phenoxy) is 1. The Bertz CT molecular complexity index is 1330. The molecule has 1 heterocycles. The number of rotatable bonds is 6. The van der Waals surface area contributed by atoms with Crippen molar-refractivity contribution in [3.63, 3.8) is 0 Å². The molecule has 0 radical (unpaired) electrons. The van der Waals surface area contributed by atoms with E-state index in [-0.39, 0.29) is 30.4 Å². The lowest BCUT2D eigenvalue weighted by molar-refractivity contribution is -0.135. The summed E-state index contributed by atoms with van der Waals surface area (Å²) in [7, 11) is 0. The Labute approximate surface area is 255 Å². The van der Waals surface area contributed by atoms with Crippen molar-refractivity contribution < 1.29 is 38.2 Å². The number of carbonyl (C=O) groups excluding carboxylic acids is 5. The number of fused-ring (bicyclic) bond motifs is 1. The molecule has 0 bridgehead atoms.